The molecule has 15 heavy (non-hydrogen) atoms. The molecule has 0 fully saturated rings. The molecule has 1 aromatic heterocycles. The van der Waals surface area contributed by atoms with Gasteiger partial charge in [0.05, 0.1) is 12.2 Å². The molecule has 0 bridgehead atoms. The van der Waals surface area contributed by atoms with Gasteiger partial charge in [-0.25, -0.2) is 4.99 Å². The zero-order valence-electron chi connectivity index (χ0n) is 9.62. The number of aryl methyl sites for hydroxylation is 2. The number of aliphatic imine (C=N–C) groups is 1. The summed E-state index contributed by atoms with van der Waals surface area (Å²) in [7, 11) is 1.92. The average molecular weight is 209 g/mol. The van der Waals surface area contributed by atoms with Crippen LogP contribution in [0.5, 0.6) is 0 Å². The number of hydrogen-bond acceptors (Lipinski definition) is 2. The van der Waals surface area contributed by atoms with Crippen LogP contribution in [0.25, 0.3) is 0 Å². The fourth-order valence-electron chi connectivity index (χ4n) is 1.42. The maximum Gasteiger partial charge on any atom is 0.188 e. The Hall–Kier alpha value is -1.52. The number of aromatic nitrogens is 2. The van der Waals surface area contributed by atoms with E-state index in [1.165, 1.54) is 0 Å². The first-order chi connectivity index (χ1) is 7.17. The van der Waals surface area contributed by atoms with Crippen molar-refractivity contribution in [2.75, 3.05) is 6.54 Å². The van der Waals surface area contributed by atoms with Gasteiger partial charge in [-0.3, -0.25) is 4.68 Å². The van der Waals surface area contributed by atoms with Gasteiger partial charge in [0.1, 0.15) is 0 Å². The van der Waals surface area contributed by atoms with Crippen LogP contribution in [-0.4, -0.2) is 22.3 Å². The molecule has 0 saturated heterocycles. The van der Waals surface area contributed by atoms with Crippen molar-refractivity contribution in [3.63, 3.8) is 0 Å². The Morgan fingerprint density at radius 3 is 2.93 bits per heavy atom. The molecule has 1 rings (SSSR count). The standard InChI is InChI=1S/C10H19N5/c1-4-9-8(7-15(3)14-9)6-13-10(11)12-5-2/h7H,4-6H2,1-3H3,(H3,11,12,13). The van der Waals surface area contributed by atoms with E-state index in [9.17, 15) is 0 Å². The second-order valence-electron chi connectivity index (χ2n) is 3.36. The van der Waals surface area contributed by atoms with Crippen molar-refractivity contribution >= 4 is 5.96 Å². The Morgan fingerprint density at radius 2 is 2.33 bits per heavy atom. The highest BCUT2D eigenvalue weighted by Gasteiger charge is 2.04. The summed E-state index contributed by atoms with van der Waals surface area (Å²) in [5, 5.41) is 7.30. The zero-order chi connectivity index (χ0) is 11.3. The fourth-order valence-corrected chi connectivity index (χ4v) is 1.42. The van der Waals surface area contributed by atoms with Crippen molar-refractivity contribution in [3.8, 4) is 0 Å². The smallest absolute Gasteiger partial charge is 0.188 e. The lowest BCUT2D eigenvalue weighted by Gasteiger charge is -2.01. The first-order valence-electron chi connectivity index (χ1n) is 5.22. The molecule has 0 aliphatic heterocycles. The van der Waals surface area contributed by atoms with Crippen molar-refractivity contribution in [1.29, 1.82) is 0 Å². The minimum Gasteiger partial charge on any atom is -0.370 e. The molecular formula is C10H19N5. The predicted octanol–water partition coefficient (Wildman–Crippen LogP) is 0.407. The number of nitrogens with zero attached hydrogens (tertiary/aromatic N) is 3. The molecule has 0 saturated carbocycles. The molecule has 0 aromatic carbocycles. The third-order valence-corrected chi connectivity index (χ3v) is 2.10. The van der Waals surface area contributed by atoms with Crippen LogP contribution in [0.4, 0.5) is 0 Å². The van der Waals surface area contributed by atoms with Gasteiger partial charge in [0.25, 0.3) is 0 Å². The minimum atomic E-state index is 0.489. The number of guanidine groups is 1. The summed E-state index contributed by atoms with van der Waals surface area (Å²) in [6.45, 7) is 5.46. The van der Waals surface area contributed by atoms with Crippen molar-refractivity contribution in [3.05, 3.63) is 17.5 Å². The lowest BCUT2D eigenvalue weighted by atomic mass is 10.2. The molecule has 5 heteroatoms. The maximum absolute atomic E-state index is 5.64. The summed E-state index contributed by atoms with van der Waals surface area (Å²) < 4.78 is 1.81. The molecule has 0 amide bonds. The van der Waals surface area contributed by atoms with E-state index >= 15 is 0 Å². The molecule has 5 nitrogen and oxygen atoms in total. The van der Waals surface area contributed by atoms with Crippen LogP contribution in [-0.2, 0) is 20.0 Å². The first kappa shape index (κ1) is 11.6. The molecule has 84 valence electrons. The Kier molecular flexibility index (Phi) is 4.15. The van der Waals surface area contributed by atoms with Crippen LogP contribution in [0.2, 0.25) is 0 Å². The molecule has 0 spiro atoms. The summed E-state index contributed by atoms with van der Waals surface area (Å²) in [6.07, 6.45) is 2.91. The summed E-state index contributed by atoms with van der Waals surface area (Å²) in [5.74, 6) is 0.489. The molecule has 0 aliphatic carbocycles. The highest BCUT2D eigenvalue weighted by molar-refractivity contribution is 5.77. The van der Waals surface area contributed by atoms with Gasteiger partial charge in [0, 0.05) is 25.4 Å². The molecule has 0 unspecified atom stereocenters. The Labute approximate surface area is 90.4 Å². The van der Waals surface area contributed by atoms with Gasteiger partial charge in [-0.05, 0) is 13.3 Å². The monoisotopic (exact) mass is 209 g/mol. The van der Waals surface area contributed by atoms with E-state index in [1.807, 2.05) is 24.9 Å². The Balaban J connectivity index is 2.67. The second-order valence-corrected chi connectivity index (χ2v) is 3.36. The predicted molar refractivity (Wildman–Crippen MR) is 61.6 cm³/mol. The van der Waals surface area contributed by atoms with Gasteiger partial charge in [0.15, 0.2) is 5.96 Å². The van der Waals surface area contributed by atoms with Crippen LogP contribution in [0.1, 0.15) is 25.1 Å². The van der Waals surface area contributed by atoms with E-state index in [4.69, 9.17) is 5.73 Å². The van der Waals surface area contributed by atoms with E-state index in [2.05, 4.69) is 22.3 Å². The third-order valence-electron chi connectivity index (χ3n) is 2.10. The van der Waals surface area contributed by atoms with Crippen LogP contribution < -0.4 is 11.1 Å². The normalized spacial score (nSPS) is 11.8. The summed E-state index contributed by atoms with van der Waals surface area (Å²) >= 11 is 0. The van der Waals surface area contributed by atoms with Crippen molar-refractivity contribution in [2.45, 2.75) is 26.8 Å². The van der Waals surface area contributed by atoms with E-state index in [0.29, 0.717) is 12.5 Å². The molecule has 0 atom stereocenters. The van der Waals surface area contributed by atoms with Crippen LogP contribution >= 0.6 is 0 Å². The van der Waals surface area contributed by atoms with Crippen molar-refractivity contribution < 1.29 is 0 Å². The van der Waals surface area contributed by atoms with Gasteiger partial charge >= 0.3 is 0 Å². The van der Waals surface area contributed by atoms with Gasteiger partial charge in [-0.2, -0.15) is 5.10 Å². The molecule has 3 N–H and O–H groups in total. The van der Waals surface area contributed by atoms with E-state index in [-0.39, 0.29) is 0 Å². The number of hydrogen-bond donors (Lipinski definition) is 2. The zero-order valence-corrected chi connectivity index (χ0v) is 9.62. The lowest BCUT2D eigenvalue weighted by Crippen LogP contribution is -2.31. The lowest BCUT2D eigenvalue weighted by molar-refractivity contribution is 0.746. The first-order valence-corrected chi connectivity index (χ1v) is 5.22. The quantitative estimate of drug-likeness (QED) is 0.557. The second kappa shape index (κ2) is 5.38. The molecule has 0 radical (unpaired) electrons. The molecular weight excluding hydrogens is 190 g/mol. The van der Waals surface area contributed by atoms with E-state index < -0.39 is 0 Å². The molecule has 1 aromatic rings. The summed E-state index contributed by atoms with van der Waals surface area (Å²) in [6, 6.07) is 0. The maximum atomic E-state index is 5.64. The van der Waals surface area contributed by atoms with Gasteiger partial charge < -0.3 is 11.1 Å². The van der Waals surface area contributed by atoms with Crippen molar-refractivity contribution in [1.82, 2.24) is 15.1 Å². The largest absolute Gasteiger partial charge is 0.370 e. The minimum absolute atomic E-state index is 0.489. The van der Waals surface area contributed by atoms with Crippen LogP contribution in [0.15, 0.2) is 11.2 Å². The Bertz CT molecular complexity index is 340. The number of rotatable bonds is 4. The van der Waals surface area contributed by atoms with Gasteiger partial charge in [0.2, 0.25) is 0 Å². The van der Waals surface area contributed by atoms with E-state index in [0.717, 1.165) is 24.2 Å². The van der Waals surface area contributed by atoms with Crippen LogP contribution in [0, 0.1) is 0 Å². The number of nitrogens with one attached hydrogen (secondary N) is 1. The van der Waals surface area contributed by atoms with Gasteiger partial charge in [-0.15, -0.1) is 0 Å². The molecule has 1 heterocycles. The third kappa shape index (κ3) is 3.27. The fraction of sp³-hybridized carbons (Fsp3) is 0.600. The number of nitrogens with two attached hydrogens (primary N) is 1. The van der Waals surface area contributed by atoms with Crippen molar-refractivity contribution in [2.24, 2.45) is 17.8 Å². The van der Waals surface area contributed by atoms with E-state index in [1.54, 1.807) is 0 Å². The SMILES string of the molecule is CCNC(N)=NCc1cn(C)nc1CC. The Morgan fingerprint density at radius 1 is 1.60 bits per heavy atom. The highest BCUT2D eigenvalue weighted by Crippen LogP contribution is 2.08. The summed E-state index contributed by atoms with van der Waals surface area (Å²) in [5.41, 5.74) is 7.87. The highest BCUT2D eigenvalue weighted by atomic mass is 15.3. The van der Waals surface area contributed by atoms with Gasteiger partial charge in [-0.1, -0.05) is 6.92 Å². The summed E-state index contributed by atoms with van der Waals surface area (Å²) in [4.78, 5) is 4.24. The average Bonchev–Trinajstić information content (AvgIpc) is 2.56. The molecule has 0 aliphatic rings. The topological polar surface area (TPSA) is 68.2 Å². The van der Waals surface area contributed by atoms with Crippen LogP contribution in [0.3, 0.4) is 0 Å².